The van der Waals surface area contributed by atoms with Gasteiger partial charge < -0.3 is 20.1 Å². The summed E-state index contributed by atoms with van der Waals surface area (Å²) in [6.07, 6.45) is -3.50. The Kier molecular flexibility index (Phi) is 3.51. The molecule has 21 heavy (non-hydrogen) atoms. The SMILES string of the molecule is Nc1cc2c(cc1N1CCCC(C(F)(F)F)C1)OCCO2. The summed E-state index contributed by atoms with van der Waals surface area (Å²) < 4.78 is 49.6. The zero-order valence-electron chi connectivity index (χ0n) is 11.4. The molecule has 0 saturated carbocycles. The Balaban J connectivity index is 1.86. The first-order valence-electron chi connectivity index (χ1n) is 6.96. The van der Waals surface area contributed by atoms with Crippen LogP contribution in [0.1, 0.15) is 12.8 Å². The van der Waals surface area contributed by atoms with E-state index in [1.54, 1.807) is 17.0 Å². The third kappa shape index (κ3) is 2.82. The van der Waals surface area contributed by atoms with Gasteiger partial charge in [-0.1, -0.05) is 0 Å². The number of halogens is 3. The molecule has 7 heteroatoms. The van der Waals surface area contributed by atoms with Crippen molar-refractivity contribution in [2.75, 3.05) is 36.9 Å². The van der Waals surface area contributed by atoms with Gasteiger partial charge in [-0.05, 0) is 12.8 Å². The van der Waals surface area contributed by atoms with Gasteiger partial charge in [-0.2, -0.15) is 13.2 Å². The van der Waals surface area contributed by atoms with Crippen LogP contribution < -0.4 is 20.1 Å². The predicted octanol–water partition coefficient (Wildman–Crippen LogP) is 2.82. The third-order valence-electron chi connectivity index (χ3n) is 3.92. The molecule has 1 aromatic carbocycles. The van der Waals surface area contributed by atoms with Crippen molar-refractivity contribution < 1.29 is 22.6 Å². The first-order chi connectivity index (χ1) is 9.95. The Morgan fingerprint density at radius 2 is 1.81 bits per heavy atom. The highest BCUT2D eigenvalue weighted by Crippen LogP contribution is 2.41. The minimum absolute atomic E-state index is 0.0622. The van der Waals surface area contributed by atoms with Crippen molar-refractivity contribution in [3.63, 3.8) is 0 Å². The van der Waals surface area contributed by atoms with E-state index in [0.717, 1.165) is 0 Å². The summed E-state index contributed by atoms with van der Waals surface area (Å²) in [4.78, 5) is 1.69. The molecule has 1 saturated heterocycles. The molecule has 0 radical (unpaired) electrons. The van der Waals surface area contributed by atoms with Crippen molar-refractivity contribution in [2.24, 2.45) is 5.92 Å². The van der Waals surface area contributed by atoms with Gasteiger partial charge in [-0.15, -0.1) is 0 Å². The molecule has 1 aromatic rings. The Bertz CT molecular complexity index is 534. The molecular formula is C14H17F3N2O2. The van der Waals surface area contributed by atoms with Crippen molar-refractivity contribution in [1.29, 1.82) is 0 Å². The van der Waals surface area contributed by atoms with Crippen molar-refractivity contribution in [2.45, 2.75) is 19.0 Å². The lowest BCUT2D eigenvalue weighted by Gasteiger charge is -2.36. The number of anilines is 2. The minimum Gasteiger partial charge on any atom is -0.486 e. The third-order valence-corrected chi connectivity index (χ3v) is 3.92. The molecule has 0 aromatic heterocycles. The van der Waals surface area contributed by atoms with Gasteiger partial charge >= 0.3 is 6.18 Å². The number of hydrogen-bond acceptors (Lipinski definition) is 4. The number of benzene rings is 1. The van der Waals surface area contributed by atoms with Crippen LogP contribution in [0, 0.1) is 5.92 Å². The smallest absolute Gasteiger partial charge is 0.393 e. The second-order valence-corrected chi connectivity index (χ2v) is 5.38. The quantitative estimate of drug-likeness (QED) is 0.810. The van der Waals surface area contributed by atoms with Crippen LogP contribution in [0.2, 0.25) is 0 Å². The number of nitrogens with two attached hydrogens (primary N) is 1. The van der Waals surface area contributed by atoms with Gasteiger partial charge in [-0.25, -0.2) is 0 Å². The molecule has 116 valence electrons. The van der Waals surface area contributed by atoms with E-state index in [9.17, 15) is 13.2 Å². The first-order valence-corrected chi connectivity index (χ1v) is 6.96. The summed E-state index contributed by atoms with van der Waals surface area (Å²) in [5.41, 5.74) is 6.98. The molecule has 1 atom stereocenters. The summed E-state index contributed by atoms with van der Waals surface area (Å²) in [5.74, 6) is -0.217. The van der Waals surface area contributed by atoms with E-state index in [2.05, 4.69) is 0 Å². The van der Waals surface area contributed by atoms with Crippen LogP contribution >= 0.6 is 0 Å². The highest BCUT2D eigenvalue weighted by Gasteiger charge is 2.42. The molecule has 2 aliphatic rings. The largest absolute Gasteiger partial charge is 0.486 e. The van der Waals surface area contributed by atoms with Crippen LogP contribution in [0.5, 0.6) is 11.5 Å². The molecule has 1 fully saturated rings. The molecule has 2 aliphatic heterocycles. The minimum atomic E-state index is -4.17. The molecule has 1 unspecified atom stereocenters. The zero-order valence-corrected chi connectivity index (χ0v) is 11.4. The summed E-state index contributed by atoms with van der Waals surface area (Å²) in [6.45, 7) is 1.39. The van der Waals surface area contributed by atoms with Gasteiger partial charge in [0.2, 0.25) is 0 Å². The van der Waals surface area contributed by atoms with E-state index in [-0.39, 0.29) is 13.0 Å². The highest BCUT2D eigenvalue weighted by molar-refractivity contribution is 5.73. The maximum atomic E-state index is 12.9. The molecule has 0 bridgehead atoms. The number of piperidine rings is 1. The Hall–Kier alpha value is -1.79. The van der Waals surface area contributed by atoms with Crippen LogP contribution in [0.4, 0.5) is 24.5 Å². The number of rotatable bonds is 1. The molecule has 4 nitrogen and oxygen atoms in total. The summed E-state index contributed by atoms with van der Waals surface area (Å²) in [7, 11) is 0. The lowest BCUT2D eigenvalue weighted by molar-refractivity contribution is -0.175. The van der Waals surface area contributed by atoms with E-state index in [1.165, 1.54) is 0 Å². The van der Waals surface area contributed by atoms with Gasteiger partial charge in [0, 0.05) is 25.2 Å². The predicted molar refractivity (Wildman–Crippen MR) is 72.8 cm³/mol. The summed E-state index contributed by atoms with van der Waals surface area (Å²) in [5, 5.41) is 0. The second kappa shape index (κ2) is 5.20. The van der Waals surface area contributed by atoms with Crippen LogP contribution in [0.3, 0.4) is 0 Å². The van der Waals surface area contributed by atoms with Crippen molar-refractivity contribution in [3.05, 3.63) is 12.1 Å². The lowest BCUT2D eigenvalue weighted by atomic mass is 9.96. The fourth-order valence-electron chi connectivity index (χ4n) is 2.83. The number of nitrogen functional groups attached to an aromatic ring is 1. The highest BCUT2D eigenvalue weighted by atomic mass is 19.4. The van der Waals surface area contributed by atoms with Crippen molar-refractivity contribution in [1.82, 2.24) is 0 Å². The van der Waals surface area contributed by atoms with Crippen LogP contribution in [-0.4, -0.2) is 32.5 Å². The molecule has 2 N–H and O–H groups in total. The fourth-order valence-corrected chi connectivity index (χ4v) is 2.83. The molecule has 0 amide bonds. The van der Waals surface area contributed by atoms with E-state index >= 15 is 0 Å². The maximum Gasteiger partial charge on any atom is 0.393 e. The van der Waals surface area contributed by atoms with Crippen molar-refractivity contribution >= 4 is 11.4 Å². The number of fused-ring (bicyclic) bond motifs is 1. The van der Waals surface area contributed by atoms with Gasteiger partial charge in [0.1, 0.15) is 13.2 Å². The fraction of sp³-hybridized carbons (Fsp3) is 0.571. The average molecular weight is 302 g/mol. The van der Waals surface area contributed by atoms with E-state index in [4.69, 9.17) is 15.2 Å². The second-order valence-electron chi connectivity index (χ2n) is 5.38. The molecule has 3 rings (SSSR count). The molecule has 0 aliphatic carbocycles. The Morgan fingerprint density at radius 1 is 1.14 bits per heavy atom. The van der Waals surface area contributed by atoms with Gasteiger partial charge in [0.05, 0.1) is 17.3 Å². The Labute approximate surface area is 120 Å². The van der Waals surface area contributed by atoms with Crippen molar-refractivity contribution in [3.8, 4) is 11.5 Å². The van der Waals surface area contributed by atoms with Gasteiger partial charge in [0.25, 0.3) is 0 Å². The Morgan fingerprint density at radius 3 is 2.48 bits per heavy atom. The molecule has 2 heterocycles. The number of alkyl halides is 3. The number of hydrogen-bond donors (Lipinski definition) is 1. The summed E-state index contributed by atoms with van der Waals surface area (Å²) in [6, 6.07) is 3.31. The van der Waals surface area contributed by atoms with Crippen LogP contribution in [-0.2, 0) is 0 Å². The van der Waals surface area contributed by atoms with E-state index in [0.29, 0.717) is 49.1 Å². The average Bonchev–Trinajstić information content (AvgIpc) is 2.46. The zero-order chi connectivity index (χ0) is 15.0. The van der Waals surface area contributed by atoms with E-state index in [1.807, 2.05) is 0 Å². The number of nitrogens with zero attached hydrogens (tertiary/aromatic N) is 1. The topological polar surface area (TPSA) is 47.7 Å². The normalized spacial score (nSPS) is 22.2. The standard InChI is InChI=1S/C14H17F3N2O2/c15-14(16,17)9-2-1-3-19(8-9)11-7-13-12(6-10(11)18)20-4-5-21-13/h6-7,9H,1-5,8,18H2. The van der Waals surface area contributed by atoms with E-state index < -0.39 is 12.1 Å². The maximum absolute atomic E-state index is 12.9. The lowest BCUT2D eigenvalue weighted by Crippen LogP contribution is -2.42. The molecule has 0 spiro atoms. The summed E-state index contributed by atoms with van der Waals surface area (Å²) >= 11 is 0. The molecular weight excluding hydrogens is 285 g/mol. The monoisotopic (exact) mass is 302 g/mol. The number of ether oxygens (including phenoxy) is 2. The van der Waals surface area contributed by atoms with Gasteiger partial charge in [-0.3, -0.25) is 0 Å². The van der Waals surface area contributed by atoms with Crippen LogP contribution in [0.15, 0.2) is 12.1 Å². The van der Waals surface area contributed by atoms with Gasteiger partial charge in [0.15, 0.2) is 11.5 Å². The first kappa shape index (κ1) is 14.2. The van der Waals surface area contributed by atoms with Crippen LogP contribution in [0.25, 0.3) is 0 Å².